The molecular formula is C27H37N5O3S. The van der Waals surface area contributed by atoms with E-state index in [0.717, 1.165) is 27.3 Å². The van der Waals surface area contributed by atoms with Gasteiger partial charge in [0.2, 0.25) is 11.8 Å². The fraction of sp³-hybridized carbons (Fsp3) is 0.556. The Hall–Kier alpha value is -2.94. The molecule has 1 saturated heterocycles. The highest BCUT2D eigenvalue weighted by Crippen LogP contribution is 2.36. The molecule has 1 aromatic carbocycles. The minimum absolute atomic E-state index is 0.0817. The Kier molecular flexibility index (Phi) is 7.14. The maximum Gasteiger partial charge on any atom is 0.297 e. The first-order chi connectivity index (χ1) is 16.9. The van der Waals surface area contributed by atoms with Crippen LogP contribution in [-0.2, 0) is 9.59 Å². The molecule has 2 N–H and O–H groups in total. The standard InChI is InChI=1S/C27H37N5O3S/c1-15(2)19-14-36-25(29-19)18-9-8-10-20-23(18)30-26(32(20)16(3)4)35-17-11-21(24(28)34)31(13-17)22(33)12-27(5,6)7/h8-10,14-17,21H,11-13H2,1-7H3,(H2,28,34). The predicted molar refractivity (Wildman–Crippen MR) is 143 cm³/mol. The largest absolute Gasteiger partial charge is 0.459 e. The maximum atomic E-state index is 13.0. The van der Waals surface area contributed by atoms with Gasteiger partial charge in [0.1, 0.15) is 22.7 Å². The molecule has 0 aliphatic carbocycles. The number of rotatable bonds is 7. The summed E-state index contributed by atoms with van der Waals surface area (Å²) in [5, 5.41) is 3.03. The molecule has 1 aliphatic heterocycles. The lowest BCUT2D eigenvalue weighted by Gasteiger charge is -2.26. The van der Waals surface area contributed by atoms with Gasteiger partial charge >= 0.3 is 0 Å². The second-order valence-corrected chi connectivity index (χ2v) is 12.3. The van der Waals surface area contributed by atoms with Crippen LogP contribution in [0.3, 0.4) is 0 Å². The molecule has 4 rings (SSSR count). The third kappa shape index (κ3) is 5.26. The van der Waals surface area contributed by atoms with Crippen molar-refractivity contribution in [2.24, 2.45) is 11.1 Å². The average molecular weight is 512 g/mol. The van der Waals surface area contributed by atoms with Crippen LogP contribution in [-0.4, -0.2) is 49.9 Å². The Morgan fingerprint density at radius 3 is 2.50 bits per heavy atom. The van der Waals surface area contributed by atoms with Crippen LogP contribution in [0.2, 0.25) is 0 Å². The zero-order valence-electron chi connectivity index (χ0n) is 22.2. The summed E-state index contributed by atoms with van der Waals surface area (Å²) in [6.07, 6.45) is 0.309. The van der Waals surface area contributed by atoms with Crippen molar-refractivity contribution in [3.8, 4) is 16.6 Å². The molecule has 2 aromatic heterocycles. The molecule has 2 amide bonds. The highest BCUT2D eigenvalue weighted by atomic mass is 32.1. The number of imidazole rings is 1. The highest BCUT2D eigenvalue weighted by Gasteiger charge is 2.41. The van der Waals surface area contributed by atoms with E-state index in [9.17, 15) is 9.59 Å². The van der Waals surface area contributed by atoms with Gasteiger partial charge in [-0.25, -0.2) is 4.98 Å². The number of primary amides is 1. The van der Waals surface area contributed by atoms with Crippen molar-refractivity contribution in [3.63, 3.8) is 0 Å². The van der Waals surface area contributed by atoms with Gasteiger partial charge in [-0.2, -0.15) is 4.98 Å². The number of benzene rings is 1. The molecule has 9 heteroatoms. The SMILES string of the molecule is CC(C)c1csc(-c2cccc3c2nc(OC2CC(C(N)=O)N(C(=O)CC(C)(C)C)C2)n3C(C)C)n1. The second-order valence-electron chi connectivity index (χ2n) is 11.4. The molecule has 2 atom stereocenters. The summed E-state index contributed by atoms with van der Waals surface area (Å²) in [4.78, 5) is 36.5. The van der Waals surface area contributed by atoms with E-state index in [2.05, 4.69) is 37.6 Å². The summed E-state index contributed by atoms with van der Waals surface area (Å²) in [5.74, 6) is -0.236. The number of hydrogen-bond acceptors (Lipinski definition) is 6. The number of nitrogens with zero attached hydrogens (tertiary/aromatic N) is 4. The minimum Gasteiger partial charge on any atom is -0.459 e. The number of fused-ring (bicyclic) bond motifs is 1. The van der Waals surface area contributed by atoms with Gasteiger partial charge in [-0.1, -0.05) is 40.7 Å². The Bertz CT molecular complexity index is 1270. The van der Waals surface area contributed by atoms with Crippen LogP contribution >= 0.6 is 11.3 Å². The fourth-order valence-corrected chi connectivity index (χ4v) is 5.67. The molecule has 0 spiro atoms. The van der Waals surface area contributed by atoms with Crippen LogP contribution in [0.1, 0.15) is 79.0 Å². The normalized spacial score (nSPS) is 18.5. The number of aromatic nitrogens is 3. The van der Waals surface area contributed by atoms with Gasteiger partial charge in [0, 0.05) is 29.8 Å². The van der Waals surface area contributed by atoms with Crippen molar-refractivity contribution in [3.05, 3.63) is 29.3 Å². The van der Waals surface area contributed by atoms with Crippen molar-refractivity contribution in [1.82, 2.24) is 19.4 Å². The van der Waals surface area contributed by atoms with Gasteiger partial charge in [-0.3, -0.25) is 14.2 Å². The molecule has 1 aliphatic rings. The number of likely N-dealkylation sites (tertiary alicyclic amines) is 1. The lowest BCUT2D eigenvalue weighted by molar-refractivity contribution is -0.138. The van der Waals surface area contributed by atoms with E-state index in [1.807, 2.05) is 39.0 Å². The molecule has 194 valence electrons. The maximum absolute atomic E-state index is 13.0. The van der Waals surface area contributed by atoms with Crippen LogP contribution in [0.4, 0.5) is 0 Å². The highest BCUT2D eigenvalue weighted by molar-refractivity contribution is 7.13. The second kappa shape index (κ2) is 9.84. The molecule has 3 heterocycles. The smallest absolute Gasteiger partial charge is 0.297 e. The summed E-state index contributed by atoms with van der Waals surface area (Å²) in [7, 11) is 0. The molecular weight excluding hydrogens is 474 g/mol. The number of ether oxygens (including phenoxy) is 1. The van der Waals surface area contributed by atoms with Gasteiger partial charge in [0.05, 0.1) is 17.8 Å². The fourth-order valence-electron chi connectivity index (χ4n) is 4.66. The number of carbonyl (C=O) groups excluding carboxylic acids is 2. The molecule has 1 fully saturated rings. The molecule has 3 aromatic rings. The van der Waals surface area contributed by atoms with Crippen molar-refractivity contribution >= 4 is 34.2 Å². The molecule has 36 heavy (non-hydrogen) atoms. The summed E-state index contributed by atoms with van der Waals surface area (Å²) >= 11 is 1.62. The molecule has 0 saturated carbocycles. The van der Waals surface area contributed by atoms with Crippen LogP contribution in [0.5, 0.6) is 6.01 Å². The first kappa shape index (κ1) is 26.1. The van der Waals surface area contributed by atoms with E-state index >= 15 is 0 Å². The Balaban J connectivity index is 1.67. The van der Waals surface area contributed by atoms with E-state index in [0.29, 0.717) is 31.3 Å². The van der Waals surface area contributed by atoms with Crippen LogP contribution in [0.25, 0.3) is 21.6 Å². The summed E-state index contributed by atoms with van der Waals surface area (Å²) < 4.78 is 8.48. The van der Waals surface area contributed by atoms with Crippen molar-refractivity contribution < 1.29 is 14.3 Å². The first-order valence-corrected chi connectivity index (χ1v) is 13.5. The third-order valence-electron chi connectivity index (χ3n) is 6.41. The Labute approximate surface area is 216 Å². The number of thiazole rings is 1. The molecule has 0 radical (unpaired) electrons. The third-order valence-corrected chi connectivity index (χ3v) is 7.31. The van der Waals surface area contributed by atoms with E-state index < -0.39 is 11.9 Å². The first-order valence-electron chi connectivity index (χ1n) is 12.6. The van der Waals surface area contributed by atoms with Crippen LogP contribution in [0, 0.1) is 5.41 Å². The minimum atomic E-state index is -0.679. The van der Waals surface area contributed by atoms with Crippen molar-refractivity contribution in [2.45, 2.75) is 85.4 Å². The van der Waals surface area contributed by atoms with Gasteiger partial charge in [-0.05, 0) is 37.3 Å². The number of hydrogen-bond donors (Lipinski definition) is 1. The van der Waals surface area contributed by atoms with Gasteiger partial charge in [0.15, 0.2) is 0 Å². The monoisotopic (exact) mass is 511 g/mol. The van der Waals surface area contributed by atoms with Crippen molar-refractivity contribution in [1.29, 1.82) is 0 Å². The summed E-state index contributed by atoms with van der Waals surface area (Å²) in [6, 6.07) is 5.99. The number of para-hydroxylation sites is 1. The Morgan fingerprint density at radius 1 is 1.19 bits per heavy atom. The van der Waals surface area contributed by atoms with Crippen LogP contribution in [0.15, 0.2) is 23.6 Å². The zero-order valence-corrected chi connectivity index (χ0v) is 23.1. The number of carbonyl (C=O) groups is 2. The van der Waals surface area contributed by atoms with Gasteiger partial charge < -0.3 is 15.4 Å². The summed E-state index contributed by atoms with van der Waals surface area (Å²) in [5.41, 5.74) is 9.31. The van der Waals surface area contributed by atoms with E-state index in [-0.39, 0.29) is 23.5 Å². The zero-order chi connectivity index (χ0) is 26.4. The van der Waals surface area contributed by atoms with E-state index in [1.54, 1.807) is 16.2 Å². The van der Waals surface area contributed by atoms with E-state index in [4.69, 9.17) is 20.4 Å². The Morgan fingerprint density at radius 2 is 1.92 bits per heavy atom. The van der Waals surface area contributed by atoms with E-state index in [1.165, 1.54) is 0 Å². The summed E-state index contributed by atoms with van der Waals surface area (Å²) in [6.45, 7) is 14.8. The number of nitrogens with two attached hydrogens (primary N) is 1. The topological polar surface area (TPSA) is 103 Å². The molecule has 0 bridgehead atoms. The van der Waals surface area contributed by atoms with Crippen molar-refractivity contribution in [2.75, 3.05) is 6.54 Å². The van der Waals surface area contributed by atoms with Crippen LogP contribution < -0.4 is 10.5 Å². The molecule has 2 unspecified atom stereocenters. The van der Waals surface area contributed by atoms with Gasteiger partial charge in [-0.15, -0.1) is 11.3 Å². The molecule has 8 nitrogen and oxygen atoms in total. The lowest BCUT2D eigenvalue weighted by atomic mass is 9.91. The number of amides is 2. The lowest BCUT2D eigenvalue weighted by Crippen LogP contribution is -2.44. The predicted octanol–water partition coefficient (Wildman–Crippen LogP) is 5.13. The average Bonchev–Trinajstić information content (AvgIpc) is 3.48. The quantitative estimate of drug-likeness (QED) is 0.473. The van der Waals surface area contributed by atoms with Gasteiger partial charge in [0.25, 0.3) is 6.01 Å².